The van der Waals surface area contributed by atoms with Gasteiger partial charge in [0.1, 0.15) is 6.54 Å². The molecule has 1 saturated heterocycles. The zero-order valence-electron chi connectivity index (χ0n) is 11.5. The van der Waals surface area contributed by atoms with E-state index in [-0.39, 0.29) is 25.7 Å². The fourth-order valence-electron chi connectivity index (χ4n) is 2.40. The molecule has 1 saturated carbocycles. The van der Waals surface area contributed by atoms with Gasteiger partial charge in [0.15, 0.2) is 0 Å². The van der Waals surface area contributed by atoms with Crippen LogP contribution in [-0.4, -0.2) is 83.3 Å². The number of amides is 2. The Balaban J connectivity index is 1.89. The maximum Gasteiger partial charge on any atom is 0.406 e. The number of piperazine rings is 1. The lowest BCUT2D eigenvalue weighted by Gasteiger charge is -2.37. The van der Waals surface area contributed by atoms with Crippen LogP contribution in [-0.2, 0) is 4.79 Å². The van der Waals surface area contributed by atoms with Crippen LogP contribution in [0.2, 0.25) is 0 Å². The van der Waals surface area contributed by atoms with E-state index in [1.807, 2.05) is 0 Å². The minimum Gasteiger partial charge on any atom is -0.480 e. The van der Waals surface area contributed by atoms with Crippen LogP contribution in [0.15, 0.2) is 0 Å². The first-order chi connectivity index (χ1) is 9.76. The zero-order valence-corrected chi connectivity index (χ0v) is 11.5. The van der Waals surface area contributed by atoms with E-state index in [1.165, 1.54) is 4.90 Å². The quantitative estimate of drug-likeness (QED) is 0.836. The molecule has 2 rings (SSSR count). The number of aliphatic carboxylic acids is 1. The highest BCUT2D eigenvalue weighted by Gasteiger charge is 2.42. The normalized spacial score (nSPS) is 20.4. The third-order valence-corrected chi connectivity index (χ3v) is 3.58. The minimum atomic E-state index is -4.40. The number of carboxylic acids is 1. The monoisotopic (exact) mass is 309 g/mol. The summed E-state index contributed by atoms with van der Waals surface area (Å²) in [6.45, 7) is -0.0890. The number of carbonyl (C=O) groups is 2. The van der Waals surface area contributed by atoms with E-state index >= 15 is 0 Å². The summed E-state index contributed by atoms with van der Waals surface area (Å²) in [6.07, 6.45) is -3.18. The van der Waals surface area contributed by atoms with Gasteiger partial charge in [0.25, 0.3) is 0 Å². The summed E-state index contributed by atoms with van der Waals surface area (Å²) in [5.74, 6) is -0.952. The van der Waals surface area contributed by atoms with Crippen LogP contribution in [0.3, 0.4) is 0 Å². The molecule has 0 bridgehead atoms. The Morgan fingerprint density at radius 1 is 1.14 bits per heavy atom. The molecular formula is C12H18F3N3O3. The third kappa shape index (κ3) is 4.76. The topological polar surface area (TPSA) is 64.1 Å². The molecule has 9 heteroatoms. The van der Waals surface area contributed by atoms with Crippen molar-refractivity contribution in [1.29, 1.82) is 0 Å². The number of alkyl halides is 3. The van der Waals surface area contributed by atoms with Crippen molar-refractivity contribution in [2.75, 3.05) is 39.3 Å². The second kappa shape index (κ2) is 6.08. The third-order valence-electron chi connectivity index (χ3n) is 3.58. The molecular weight excluding hydrogens is 291 g/mol. The van der Waals surface area contributed by atoms with Crippen molar-refractivity contribution in [3.8, 4) is 0 Å². The van der Waals surface area contributed by atoms with E-state index < -0.39 is 24.7 Å². The van der Waals surface area contributed by atoms with Gasteiger partial charge in [-0.3, -0.25) is 9.69 Å². The van der Waals surface area contributed by atoms with Crippen LogP contribution < -0.4 is 0 Å². The molecule has 1 aliphatic carbocycles. The van der Waals surface area contributed by atoms with Crippen molar-refractivity contribution < 1.29 is 27.9 Å². The van der Waals surface area contributed by atoms with Crippen LogP contribution in [0.5, 0.6) is 0 Å². The summed E-state index contributed by atoms with van der Waals surface area (Å²) in [7, 11) is 0. The Bertz CT molecular complexity index is 404. The summed E-state index contributed by atoms with van der Waals surface area (Å²) in [4.78, 5) is 26.7. The molecule has 0 aromatic carbocycles. The molecule has 0 spiro atoms. The number of hydrogen-bond acceptors (Lipinski definition) is 3. The van der Waals surface area contributed by atoms with Crippen LogP contribution in [0, 0.1) is 0 Å². The molecule has 2 fully saturated rings. The fourth-order valence-corrected chi connectivity index (χ4v) is 2.40. The smallest absolute Gasteiger partial charge is 0.406 e. The fraction of sp³-hybridized carbons (Fsp3) is 0.833. The van der Waals surface area contributed by atoms with Crippen molar-refractivity contribution in [2.24, 2.45) is 0 Å². The molecule has 2 aliphatic rings. The lowest BCUT2D eigenvalue weighted by atomic mass is 10.3. The highest BCUT2D eigenvalue weighted by Crippen LogP contribution is 2.31. The standard InChI is InChI=1S/C12H18F3N3O3/c13-12(14,15)8-18(9-1-2-9)11(21)17-5-3-16(4-6-17)7-10(19)20/h9H,1-8H2,(H,19,20). The number of rotatable bonds is 4. The SMILES string of the molecule is O=C(O)CN1CCN(C(=O)N(CC(F)(F)F)C2CC2)CC1. The van der Waals surface area contributed by atoms with Crippen LogP contribution in [0.1, 0.15) is 12.8 Å². The summed E-state index contributed by atoms with van der Waals surface area (Å²) in [6, 6.07) is -0.902. The largest absolute Gasteiger partial charge is 0.480 e. The van der Waals surface area contributed by atoms with Crippen molar-refractivity contribution in [1.82, 2.24) is 14.7 Å². The number of nitrogens with zero attached hydrogens (tertiary/aromatic N) is 3. The summed E-state index contributed by atoms with van der Waals surface area (Å²) in [5, 5.41) is 8.68. The molecule has 120 valence electrons. The molecule has 2 amide bonds. The van der Waals surface area contributed by atoms with Gasteiger partial charge in [-0.2, -0.15) is 13.2 Å². The first-order valence-corrected chi connectivity index (χ1v) is 6.83. The first-order valence-electron chi connectivity index (χ1n) is 6.83. The van der Waals surface area contributed by atoms with Crippen LogP contribution >= 0.6 is 0 Å². The first kappa shape index (κ1) is 15.9. The average Bonchev–Trinajstić information content (AvgIpc) is 3.18. The van der Waals surface area contributed by atoms with Gasteiger partial charge in [0.05, 0.1) is 6.54 Å². The maximum atomic E-state index is 12.5. The van der Waals surface area contributed by atoms with Crippen LogP contribution in [0.25, 0.3) is 0 Å². The van der Waals surface area contributed by atoms with E-state index in [1.54, 1.807) is 4.90 Å². The molecule has 1 N–H and O–H groups in total. The molecule has 6 nitrogen and oxygen atoms in total. The highest BCUT2D eigenvalue weighted by molar-refractivity contribution is 5.75. The van der Waals surface area contributed by atoms with E-state index in [4.69, 9.17) is 5.11 Å². The van der Waals surface area contributed by atoms with Gasteiger partial charge >= 0.3 is 18.2 Å². The molecule has 1 heterocycles. The van der Waals surface area contributed by atoms with Gasteiger partial charge in [-0.15, -0.1) is 0 Å². The van der Waals surface area contributed by atoms with Crippen molar-refractivity contribution in [3.05, 3.63) is 0 Å². The number of urea groups is 1. The van der Waals surface area contributed by atoms with E-state index in [0.29, 0.717) is 25.9 Å². The average molecular weight is 309 g/mol. The predicted molar refractivity (Wildman–Crippen MR) is 66.8 cm³/mol. The lowest BCUT2D eigenvalue weighted by Crippen LogP contribution is -2.55. The maximum absolute atomic E-state index is 12.5. The number of carbonyl (C=O) groups excluding carboxylic acids is 1. The Labute approximate surface area is 120 Å². The van der Waals surface area contributed by atoms with E-state index in [9.17, 15) is 22.8 Å². The van der Waals surface area contributed by atoms with E-state index in [0.717, 1.165) is 4.90 Å². The zero-order chi connectivity index (χ0) is 15.6. The van der Waals surface area contributed by atoms with Gasteiger partial charge < -0.3 is 14.9 Å². The molecule has 21 heavy (non-hydrogen) atoms. The molecule has 0 atom stereocenters. The molecule has 0 unspecified atom stereocenters. The molecule has 0 radical (unpaired) electrons. The molecule has 0 aromatic heterocycles. The number of carboxylic acid groups (broad SMARTS) is 1. The van der Waals surface area contributed by atoms with Crippen molar-refractivity contribution in [2.45, 2.75) is 25.1 Å². The summed E-state index contributed by atoms with van der Waals surface area (Å²) in [5.41, 5.74) is 0. The van der Waals surface area contributed by atoms with Gasteiger partial charge in [0, 0.05) is 32.2 Å². The van der Waals surface area contributed by atoms with Gasteiger partial charge in [-0.05, 0) is 12.8 Å². The van der Waals surface area contributed by atoms with Crippen LogP contribution in [0.4, 0.5) is 18.0 Å². The van der Waals surface area contributed by atoms with Crippen molar-refractivity contribution in [3.63, 3.8) is 0 Å². The predicted octanol–water partition coefficient (Wildman–Crippen LogP) is 0.835. The minimum absolute atomic E-state index is 0.114. The van der Waals surface area contributed by atoms with Gasteiger partial charge in [0.2, 0.25) is 0 Å². The Morgan fingerprint density at radius 3 is 2.14 bits per heavy atom. The van der Waals surface area contributed by atoms with Gasteiger partial charge in [-0.25, -0.2) is 4.79 Å². The lowest BCUT2D eigenvalue weighted by molar-refractivity contribution is -0.143. The Kier molecular flexibility index (Phi) is 4.60. The molecule has 0 aromatic rings. The molecule has 1 aliphatic heterocycles. The van der Waals surface area contributed by atoms with E-state index in [2.05, 4.69) is 0 Å². The summed E-state index contributed by atoms with van der Waals surface area (Å²) < 4.78 is 37.6. The number of halogens is 3. The second-order valence-electron chi connectivity index (χ2n) is 5.41. The number of hydrogen-bond donors (Lipinski definition) is 1. The van der Waals surface area contributed by atoms with Gasteiger partial charge in [-0.1, -0.05) is 0 Å². The Morgan fingerprint density at radius 2 is 1.71 bits per heavy atom. The second-order valence-corrected chi connectivity index (χ2v) is 5.41. The summed E-state index contributed by atoms with van der Waals surface area (Å²) >= 11 is 0. The highest BCUT2D eigenvalue weighted by atomic mass is 19.4. The van der Waals surface area contributed by atoms with Crippen molar-refractivity contribution >= 4 is 12.0 Å². The Hall–Kier alpha value is -1.51.